The molecule has 4 saturated carbocycles. The van der Waals surface area contributed by atoms with E-state index in [1.54, 1.807) is 0 Å². The lowest BCUT2D eigenvalue weighted by molar-refractivity contribution is -0.0281. The number of benzene rings is 7. The highest BCUT2D eigenvalue weighted by Gasteiger charge is 2.58. The maximum absolute atomic E-state index is 9.34. The molecule has 7 aromatic carbocycles. The Hall–Kier alpha value is -6.96. The minimum atomic E-state index is 0.185. The second-order valence-electron chi connectivity index (χ2n) is 18.4. The molecule has 0 N–H and O–H groups in total. The zero-order chi connectivity index (χ0) is 41.8. The van der Waals surface area contributed by atoms with Crippen LogP contribution in [0.25, 0.3) is 67.5 Å². The van der Waals surface area contributed by atoms with Crippen molar-refractivity contribution >= 4 is 0 Å². The van der Waals surface area contributed by atoms with E-state index in [1.807, 2.05) is 48.5 Å². The fraction of sp³-hybridized carbons (Fsp3) is 0.207. The Morgan fingerprint density at radius 2 is 0.871 bits per heavy atom. The molecule has 300 valence electrons. The lowest BCUT2D eigenvalue weighted by atomic mass is 9.41. The van der Waals surface area contributed by atoms with Gasteiger partial charge in [-0.3, -0.25) is 0 Å². The zero-order valence-corrected chi connectivity index (χ0v) is 35.4. The van der Waals surface area contributed by atoms with Crippen molar-refractivity contribution in [3.05, 3.63) is 198 Å². The van der Waals surface area contributed by atoms with E-state index in [-0.39, 0.29) is 10.8 Å². The Bertz CT molecular complexity index is 2930. The van der Waals surface area contributed by atoms with Crippen LogP contribution in [0.1, 0.15) is 66.3 Å². The second kappa shape index (κ2) is 15.2. The van der Waals surface area contributed by atoms with Gasteiger partial charge in [0.2, 0.25) is 0 Å². The molecule has 4 aliphatic rings. The molecule has 2 atom stereocenters. The summed E-state index contributed by atoms with van der Waals surface area (Å²) in [5.74, 6) is 3.49. The summed E-state index contributed by atoms with van der Waals surface area (Å²) in [7, 11) is 0. The largest absolute Gasteiger partial charge is 0.208 e. The van der Waals surface area contributed by atoms with E-state index in [1.165, 1.54) is 83.0 Å². The number of aryl methyl sites for hydroxylation is 2. The topological polar surface area (TPSA) is 62.5 Å². The van der Waals surface area contributed by atoms with Gasteiger partial charge in [-0.2, -0.15) is 5.26 Å². The van der Waals surface area contributed by atoms with Gasteiger partial charge in [-0.15, -0.1) is 0 Å². The maximum atomic E-state index is 9.34. The fourth-order valence-corrected chi connectivity index (χ4v) is 12.0. The first-order chi connectivity index (χ1) is 30.3. The predicted octanol–water partition coefficient (Wildman–Crippen LogP) is 14.2. The highest BCUT2D eigenvalue weighted by atomic mass is 15.0. The number of rotatable bonds is 8. The molecule has 0 aliphatic heterocycles. The van der Waals surface area contributed by atoms with Crippen molar-refractivity contribution in [2.24, 2.45) is 11.8 Å². The molecule has 0 spiro atoms. The Kier molecular flexibility index (Phi) is 9.31. The van der Waals surface area contributed by atoms with Crippen LogP contribution in [0.3, 0.4) is 0 Å². The Morgan fingerprint density at radius 3 is 1.37 bits per heavy atom. The van der Waals surface area contributed by atoms with E-state index in [9.17, 15) is 5.26 Å². The lowest BCUT2D eigenvalue weighted by Gasteiger charge is -2.63. The number of hydrogen-bond acceptors (Lipinski definition) is 4. The van der Waals surface area contributed by atoms with Crippen molar-refractivity contribution < 1.29 is 0 Å². The van der Waals surface area contributed by atoms with Crippen molar-refractivity contribution in [3.8, 4) is 73.6 Å². The monoisotopic (exact) mass is 800 g/mol. The van der Waals surface area contributed by atoms with Crippen LogP contribution in [-0.4, -0.2) is 15.0 Å². The minimum Gasteiger partial charge on any atom is -0.208 e. The van der Waals surface area contributed by atoms with Gasteiger partial charge in [0, 0.05) is 16.7 Å². The van der Waals surface area contributed by atoms with Crippen molar-refractivity contribution in [1.29, 1.82) is 5.26 Å². The Labute approximate surface area is 365 Å². The van der Waals surface area contributed by atoms with Crippen LogP contribution in [-0.2, 0) is 10.8 Å². The van der Waals surface area contributed by atoms with Crippen molar-refractivity contribution in [1.82, 2.24) is 15.0 Å². The molecule has 0 radical (unpaired) electrons. The van der Waals surface area contributed by atoms with E-state index in [4.69, 9.17) is 15.0 Å². The molecule has 1 heterocycles. The number of aromatic nitrogens is 3. The third-order valence-corrected chi connectivity index (χ3v) is 14.4. The molecule has 4 fully saturated rings. The molecular weight excluding hydrogens is 753 g/mol. The number of nitriles is 1. The normalized spacial score (nSPS) is 21.1. The van der Waals surface area contributed by atoms with Crippen molar-refractivity contribution in [2.75, 3.05) is 0 Å². The van der Waals surface area contributed by atoms with Crippen LogP contribution < -0.4 is 0 Å². The third kappa shape index (κ3) is 6.73. The van der Waals surface area contributed by atoms with Crippen molar-refractivity contribution in [2.45, 2.75) is 63.2 Å². The van der Waals surface area contributed by atoms with Crippen molar-refractivity contribution in [3.63, 3.8) is 0 Å². The number of nitrogens with zero attached hydrogens (tertiary/aromatic N) is 4. The van der Waals surface area contributed by atoms with Gasteiger partial charge >= 0.3 is 0 Å². The van der Waals surface area contributed by atoms with E-state index in [0.29, 0.717) is 23.0 Å². The minimum absolute atomic E-state index is 0.185. The van der Waals surface area contributed by atoms with Crippen LogP contribution in [0.4, 0.5) is 0 Å². The summed E-state index contributed by atoms with van der Waals surface area (Å²) < 4.78 is 0. The van der Waals surface area contributed by atoms with E-state index in [0.717, 1.165) is 39.7 Å². The summed E-state index contributed by atoms with van der Waals surface area (Å²) in [6.07, 6.45) is 7.76. The van der Waals surface area contributed by atoms with Gasteiger partial charge in [-0.25, -0.2) is 15.0 Å². The van der Waals surface area contributed by atoms with Crippen LogP contribution in [0, 0.1) is 37.0 Å². The average Bonchev–Trinajstić information content (AvgIpc) is 3.32. The summed E-state index contributed by atoms with van der Waals surface area (Å²) in [5, 5.41) is 9.34. The van der Waals surface area contributed by atoms with Gasteiger partial charge in [0.25, 0.3) is 0 Å². The van der Waals surface area contributed by atoms with Gasteiger partial charge < -0.3 is 0 Å². The molecule has 2 unspecified atom stereocenters. The fourth-order valence-electron chi connectivity index (χ4n) is 12.0. The Balaban J connectivity index is 0.958. The first-order valence-electron chi connectivity index (χ1n) is 22.2. The van der Waals surface area contributed by atoms with Gasteiger partial charge in [0.1, 0.15) is 0 Å². The lowest BCUT2D eigenvalue weighted by Crippen LogP contribution is -2.56. The first kappa shape index (κ1) is 38.0. The highest BCUT2D eigenvalue weighted by Crippen LogP contribution is 2.66. The van der Waals surface area contributed by atoms with Gasteiger partial charge in [0.15, 0.2) is 17.5 Å². The average molecular weight is 801 g/mol. The van der Waals surface area contributed by atoms with Gasteiger partial charge in [-0.1, -0.05) is 152 Å². The Morgan fingerprint density at radius 1 is 0.435 bits per heavy atom. The highest BCUT2D eigenvalue weighted by molar-refractivity contribution is 5.88. The first-order valence-corrected chi connectivity index (χ1v) is 22.2. The molecule has 62 heavy (non-hydrogen) atoms. The zero-order valence-electron chi connectivity index (χ0n) is 35.4. The molecule has 4 nitrogen and oxygen atoms in total. The van der Waals surface area contributed by atoms with E-state index < -0.39 is 0 Å². The van der Waals surface area contributed by atoms with Gasteiger partial charge in [0.05, 0.1) is 11.6 Å². The molecule has 0 amide bonds. The predicted molar refractivity (Wildman–Crippen MR) is 251 cm³/mol. The van der Waals surface area contributed by atoms with E-state index >= 15 is 0 Å². The van der Waals surface area contributed by atoms with E-state index in [2.05, 4.69) is 141 Å². The molecule has 4 aliphatic carbocycles. The van der Waals surface area contributed by atoms with Gasteiger partial charge in [-0.05, 0) is 149 Å². The molecule has 4 bridgehead atoms. The molecule has 0 saturated heterocycles. The molecule has 8 aromatic rings. The van der Waals surface area contributed by atoms with Crippen LogP contribution in [0.2, 0.25) is 0 Å². The standard InChI is InChI=1S/C58H48N4/c1-38-28-48(23-26-50(38)44-20-18-40(36-59)19-21-44)57-32-41-30-42(33-57)35-58(34-41,37-57)49-24-27-51(39(2)29-49)52-25-22-47(31-53(52)43-12-6-3-7-13-43)56-61-54(45-14-8-4-9-15-45)60-55(62-56)46-16-10-5-11-17-46/h3-29,31,41-42H,30,32-35,37H2,1-2H3. The SMILES string of the molecule is Cc1cc(C23CC4CC(C2)CC(c2ccc(-c5ccc(-c6nc(-c7ccccc7)nc(-c7ccccc7)n6)cc5-c5ccccc5)c(C)c2)(C4)C3)ccc1-c1ccc(C#N)cc1. The number of hydrogen-bond donors (Lipinski definition) is 0. The molecule has 12 rings (SSSR count). The third-order valence-electron chi connectivity index (χ3n) is 14.4. The van der Waals surface area contributed by atoms with Crippen LogP contribution in [0.15, 0.2) is 170 Å². The maximum Gasteiger partial charge on any atom is 0.164 e. The summed E-state index contributed by atoms with van der Waals surface area (Å²) in [6, 6.07) is 62.8. The molecular formula is C58H48N4. The molecule has 1 aromatic heterocycles. The summed E-state index contributed by atoms with van der Waals surface area (Å²) in [6.45, 7) is 4.58. The summed E-state index contributed by atoms with van der Waals surface area (Å²) >= 11 is 0. The van der Waals surface area contributed by atoms with Crippen LogP contribution in [0.5, 0.6) is 0 Å². The quantitative estimate of drug-likeness (QED) is 0.154. The molecule has 4 heteroatoms. The second-order valence-corrected chi connectivity index (χ2v) is 18.4. The smallest absolute Gasteiger partial charge is 0.164 e. The van der Waals surface area contributed by atoms with Crippen LogP contribution >= 0.6 is 0 Å². The summed E-state index contributed by atoms with van der Waals surface area (Å²) in [4.78, 5) is 15.1. The summed E-state index contributed by atoms with van der Waals surface area (Å²) in [5.41, 5.74) is 16.9.